The highest BCUT2D eigenvalue weighted by atomic mass is 16.5. The van der Waals surface area contributed by atoms with Crippen molar-refractivity contribution in [3.8, 4) is 11.5 Å². The second-order valence-electron chi connectivity index (χ2n) is 13.2. The molecule has 8 heteroatoms. The fourth-order valence-electron chi connectivity index (χ4n) is 8.25. The van der Waals surface area contributed by atoms with Crippen molar-refractivity contribution in [3.63, 3.8) is 0 Å². The lowest BCUT2D eigenvalue weighted by Gasteiger charge is -2.29. The number of hydrogen-bond donors (Lipinski definition) is 3. The topological polar surface area (TPSA) is 101 Å². The Balaban J connectivity index is 0.983. The van der Waals surface area contributed by atoms with E-state index in [4.69, 9.17) is 19.7 Å². The third kappa shape index (κ3) is 4.38. The number of nitrogens with zero attached hydrogens (tertiary/aromatic N) is 4. The zero-order chi connectivity index (χ0) is 30.3. The van der Waals surface area contributed by atoms with Crippen LogP contribution in [0.4, 0.5) is 22.7 Å². The van der Waals surface area contributed by atoms with Crippen LogP contribution in [-0.2, 0) is 10.2 Å². The minimum atomic E-state index is 0.241. The molecule has 0 spiro atoms. The Morgan fingerprint density at radius 2 is 1.69 bits per heavy atom. The van der Waals surface area contributed by atoms with E-state index in [0.29, 0.717) is 24.0 Å². The lowest BCUT2D eigenvalue weighted by Crippen LogP contribution is -2.29. The maximum Gasteiger partial charge on any atom is 0.157 e. The lowest BCUT2D eigenvalue weighted by atomic mass is 9.84. The van der Waals surface area contributed by atoms with Gasteiger partial charge in [-0.25, -0.2) is 4.98 Å². The van der Waals surface area contributed by atoms with E-state index in [1.807, 2.05) is 56.6 Å². The molecule has 2 aliphatic heterocycles. The predicted molar refractivity (Wildman–Crippen MR) is 178 cm³/mol. The molecule has 3 N–H and O–H groups in total. The summed E-state index contributed by atoms with van der Waals surface area (Å²) in [4.78, 5) is 22.2. The van der Waals surface area contributed by atoms with Gasteiger partial charge >= 0.3 is 0 Å². The third-order valence-corrected chi connectivity index (χ3v) is 10.4. The van der Waals surface area contributed by atoms with Crippen molar-refractivity contribution in [1.82, 2.24) is 24.9 Å². The standard InChI is InChI=1S/C37H35N7O/c1-20-14-25(12-13-38-20)41-24-5-9-30-33(17-24)44-36(43-30)31-10-6-26(19-39-31)42-32-15-21(2)40-29-8-4-23(16-28(29)32)37-18-27-7-11-34(45-27)35(37)22(37)3/h4-6,8-10,12-17,19,22,27,34-35H,7,11,18H2,1-3H3,(H,38,41)(H,40,42)(H,43,44)/t22-,27-,34+,35-,37-/m1/s1. The molecule has 0 amide bonds. The first kappa shape index (κ1) is 26.6. The van der Waals surface area contributed by atoms with E-state index < -0.39 is 0 Å². The quantitative estimate of drug-likeness (QED) is 0.179. The van der Waals surface area contributed by atoms with Crippen molar-refractivity contribution < 1.29 is 4.74 Å². The van der Waals surface area contributed by atoms with Gasteiger partial charge in [-0.05, 0) is 111 Å². The highest BCUT2D eigenvalue weighted by Gasteiger charge is 2.70. The number of H-pyrrole nitrogens is 1. The lowest BCUT2D eigenvalue weighted by molar-refractivity contribution is -0.00899. The summed E-state index contributed by atoms with van der Waals surface area (Å²) in [5, 5.41) is 8.25. The summed E-state index contributed by atoms with van der Waals surface area (Å²) in [6, 6.07) is 23.2. The molecule has 0 radical (unpaired) electrons. The molecular weight excluding hydrogens is 558 g/mol. The summed E-state index contributed by atoms with van der Waals surface area (Å²) >= 11 is 0. The molecule has 0 unspecified atom stereocenters. The number of aryl methyl sites for hydroxylation is 2. The number of ether oxygens (including phenoxy) is 1. The molecule has 1 saturated carbocycles. The zero-order valence-electron chi connectivity index (χ0n) is 25.6. The summed E-state index contributed by atoms with van der Waals surface area (Å²) in [7, 11) is 0. The van der Waals surface area contributed by atoms with Crippen molar-refractivity contribution >= 4 is 44.7 Å². The monoisotopic (exact) mass is 593 g/mol. The third-order valence-electron chi connectivity index (χ3n) is 10.4. The Kier molecular flexibility index (Phi) is 5.81. The van der Waals surface area contributed by atoms with Crippen LogP contribution in [0.2, 0.25) is 0 Å². The van der Waals surface area contributed by atoms with E-state index >= 15 is 0 Å². The molecule has 9 rings (SSSR count). The van der Waals surface area contributed by atoms with E-state index in [2.05, 4.69) is 63.9 Å². The number of rotatable bonds is 6. The molecule has 3 fully saturated rings. The number of benzene rings is 2. The van der Waals surface area contributed by atoms with Crippen LogP contribution in [-0.4, -0.2) is 37.1 Å². The molecule has 45 heavy (non-hydrogen) atoms. The minimum absolute atomic E-state index is 0.241. The summed E-state index contributed by atoms with van der Waals surface area (Å²) in [5.41, 5.74) is 11.2. The van der Waals surface area contributed by atoms with E-state index in [9.17, 15) is 0 Å². The molecule has 1 aliphatic carbocycles. The summed E-state index contributed by atoms with van der Waals surface area (Å²) in [6.07, 6.45) is 8.07. The van der Waals surface area contributed by atoms with Gasteiger partial charge in [0.1, 0.15) is 5.69 Å². The fraction of sp³-hybridized carbons (Fsp3) is 0.297. The zero-order valence-corrected chi connectivity index (χ0v) is 25.6. The van der Waals surface area contributed by atoms with Crippen LogP contribution in [0.15, 0.2) is 79.1 Å². The molecule has 3 aliphatic rings. The molecule has 4 aromatic heterocycles. The van der Waals surface area contributed by atoms with Gasteiger partial charge < -0.3 is 20.4 Å². The summed E-state index contributed by atoms with van der Waals surface area (Å²) in [5.74, 6) is 2.02. The molecule has 8 nitrogen and oxygen atoms in total. The van der Waals surface area contributed by atoms with Crippen LogP contribution in [0.25, 0.3) is 33.5 Å². The van der Waals surface area contributed by atoms with Crippen LogP contribution in [0.3, 0.4) is 0 Å². The van der Waals surface area contributed by atoms with Crippen LogP contribution in [0.1, 0.15) is 43.1 Å². The van der Waals surface area contributed by atoms with Gasteiger partial charge in [0.15, 0.2) is 5.82 Å². The van der Waals surface area contributed by atoms with Crippen molar-refractivity contribution in [2.75, 3.05) is 10.6 Å². The molecule has 6 aromatic rings. The average molecular weight is 594 g/mol. The largest absolute Gasteiger partial charge is 0.375 e. The average Bonchev–Trinajstić information content (AvgIpc) is 3.29. The number of imidazole rings is 1. The first-order valence-electron chi connectivity index (χ1n) is 15.9. The van der Waals surface area contributed by atoms with Crippen molar-refractivity contribution in [1.29, 1.82) is 0 Å². The van der Waals surface area contributed by atoms with Gasteiger partial charge in [0, 0.05) is 45.4 Å². The number of anilines is 4. The van der Waals surface area contributed by atoms with Crippen LogP contribution in [0.5, 0.6) is 0 Å². The highest BCUT2D eigenvalue weighted by Crippen LogP contribution is 2.69. The van der Waals surface area contributed by atoms with Gasteiger partial charge in [0.2, 0.25) is 0 Å². The number of aromatic amines is 1. The van der Waals surface area contributed by atoms with Crippen molar-refractivity contribution in [2.45, 2.75) is 57.7 Å². The summed E-state index contributed by atoms with van der Waals surface area (Å²) in [6.45, 7) is 6.45. The number of hydrogen-bond acceptors (Lipinski definition) is 7. The van der Waals surface area contributed by atoms with Crippen molar-refractivity contribution in [3.05, 3.63) is 96.1 Å². The molecule has 224 valence electrons. The minimum Gasteiger partial charge on any atom is -0.375 e. The molecular formula is C37H35N7O. The number of aromatic nitrogens is 5. The smallest absolute Gasteiger partial charge is 0.157 e. The maximum atomic E-state index is 6.32. The van der Waals surface area contributed by atoms with Crippen LogP contribution < -0.4 is 10.6 Å². The van der Waals surface area contributed by atoms with Gasteiger partial charge in [-0.15, -0.1) is 0 Å². The second kappa shape index (κ2) is 9.84. The first-order chi connectivity index (χ1) is 21.9. The summed E-state index contributed by atoms with van der Waals surface area (Å²) < 4.78 is 6.32. The van der Waals surface area contributed by atoms with E-state index in [1.54, 1.807) is 0 Å². The van der Waals surface area contributed by atoms with Gasteiger partial charge in [0.05, 0.1) is 40.6 Å². The molecule has 5 atom stereocenters. The van der Waals surface area contributed by atoms with Gasteiger partial charge in [-0.3, -0.25) is 15.0 Å². The Morgan fingerprint density at radius 3 is 2.56 bits per heavy atom. The van der Waals surface area contributed by atoms with E-state index in [0.717, 1.165) is 74.0 Å². The first-order valence-corrected chi connectivity index (χ1v) is 15.9. The molecule has 6 heterocycles. The number of fused-ring (bicyclic) bond motifs is 6. The highest BCUT2D eigenvalue weighted by molar-refractivity contribution is 5.94. The van der Waals surface area contributed by atoms with Crippen LogP contribution >= 0.6 is 0 Å². The Labute approximate surface area is 261 Å². The van der Waals surface area contributed by atoms with E-state index in [1.165, 1.54) is 18.4 Å². The Morgan fingerprint density at radius 1 is 0.822 bits per heavy atom. The normalized spacial score (nSPS) is 25.0. The molecule has 2 bridgehead atoms. The molecule has 2 aromatic carbocycles. The number of nitrogens with one attached hydrogen (secondary N) is 3. The van der Waals surface area contributed by atoms with E-state index in [-0.39, 0.29) is 5.41 Å². The van der Waals surface area contributed by atoms with Gasteiger partial charge in [-0.1, -0.05) is 13.0 Å². The van der Waals surface area contributed by atoms with Gasteiger partial charge in [-0.2, -0.15) is 0 Å². The Bertz CT molecular complexity index is 2100. The van der Waals surface area contributed by atoms with Crippen molar-refractivity contribution in [2.24, 2.45) is 11.8 Å². The Hall–Kier alpha value is -4.82. The maximum absolute atomic E-state index is 6.32. The van der Waals surface area contributed by atoms with Crippen LogP contribution in [0, 0.1) is 25.7 Å². The van der Waals surface area contributed by atoms with Gasteiger partial charge in [0.25, 0.3) is 0 Å². The number of pyridine rings is 3. The molecule has 2 saturated heterocycles. The fourth-order valence-corrected chi connectivity index (χ4v) is 8.25. The SMILES string of the molecule is Cc1cc(Nc2ccc3nc(-c4ccc(Nc5cc(C)nc6ccc([C@]78C[C@H]9CC[C@H](O9)[C@H]7[C@H]8C)cc56)cn4)[nH]c3c2)ccn1. The predicted octanol–water partition coefficient (Wildman–Crippen LogP) is 8.13. The second-order valence-corrected chi connectivity index (χ2v) is 13.2.